The SMILES string of the molecule is Cc1nn(COc2ccc(Cl)cc2Cl)c(C)c1NC(=O)c1ccnn1CCC(=O)O. The van der Waals surface area contributed by atoms with Gasteiger partial charge in [0.25, 0.3) is 5.91 Å². The molecule has 30 heavy (non-hydrogen) atoms. The fourth-order valence-electron chi connectivity index (χ4n) is 2.81. The minimum atomic E-state index is -0.967. The molecule has 158 valence electrons. The number of carbonyl (C=O) groups excluding carboxylic acids is 1. The van der Waals surface area contributed by atoms with Crippen molar-refractivity contribution in [3.63, 3.8) is 0 Å². The number of nitrogens with zero attached hydrogens (tertiary/aromatic N) is 4. The molecule has 0 aliphatic rings. The molecule has 0 aliphatic carbocycles. The molecular formula is C19H19Cl2N5O4. The number of carboxylic acids is 1. The molecule has 0 bridgehead atoms. The quantitative estimate of drug-likeness (QED) is 0.538. The van der Waals surface area contributed by atoms with Gasteiger partial charge in [0, 0.05) is 11.2 Å². The van der Waals surface area contributed by atoms with Crippen LogP contribution < -0.4 is 10.1 Å². The van der Waals surface area contributed by atoms with Crippen LogP contribution in [0.25, 0.3) is 0 Å². The van der Waals surface area contributed by atoms with Gasteiger partial charge in [-0.3, -0.25) is 14.3 Å². The van der Waals surface area contributed by atoms with Gasteiger partial charge in [0.05, 0.1) is 35.1 Å². The van der Waals surface area contributed by atoms with Crippen molar-refractivity contribution in [1.29, 1.82) is 0 Å². The van der Waals surface area contributed by atoms with E-state index in [0.717, 1.165) is 0 Å². The molecule has 2 aromatic heterocycles. The van der Waals surface area contributed by atoms with Crippen LogP contribution in [0.15, 0.2) is 30.5 Å². The van der Waals surface area contributed by atoms with E-state index in [2.05, 4.69) is 15.5 Å². The van der Waals surface area contributed by atoms with Crippen molar-refractivity contribution in [2.45, 2.75) is 33.5 Å². The van der Waals surface area contributed by atoms with Crippen molar-refractivity contribution in [3.8, 4) is 5.75 Å². The van der Waals surface area contributed by atoms with Crippen LogP contribution in [0.5, 0.6) is 5.75 Å². The summed E-state index contributed by atoms with van der Waals surface area (Å²) >= 11 is 12.0. The van der Waals surface area contributed by atoms with Crippen LogP contribution in [0.2, 0.25) is 10.0 Å². The molecule has 2 N–H and O–H groups in total. The smallest absolute Gasteiger partial charge is 0.305 e. The van der Waals surface area contributed by atoms with Gasteiger partial charge in [0.2, 0.25) is 0 Å². The lowest BCUT2D eigenvalue weighted by Gasteiger charge is -2.10. The molecule has 2 heterocycles. The van der Waals surface area contributed by atoms with Gasteiger partial charge in [-0.25, -0.2) is 4.68 Å². The number of nitrogens with one attached hydrogen (secondary N) is 1. The Morgan fingerprint density at radius 2 is 1.97 bits per heavy atom. The molecule has 11 heteroatoms. The van der Waals surface area contributed by atoms with E-state index in [1.165, 1.54) is 16.9 Å². The summed E-state index contributed by atoms with van der Waals surface area (Å²) in [5, 5.41) is 20.9. The standard InChI is InChI=1S/C19H19Cl2N5O4/c1-11-18(23-19(29)15-5-7-22-25(15)8-6-17(27)28)12(2)26(24-11)10-30-16-4-3-13(20)9-14(16)21/h3-5,7,9H,6,8,10H2,1-2H3,(H,23,29)(H,27,28). The molecule has 0 aliphatic heterocycles. The highest BCUT2D eigenvalue weighted by atomic mass is 35.5. The van der Waals surface area contributed by atoms with Crippen molar-refractivity contribution < 1.29 is 19.4 Å². The van der Waals surface area contributed by atoms with Crippen molar-refractivity contribution in [3.05, 3.63) is 57.6 Å². The molecule has 3 aromatic rings. The van der Waals surface area contributed by atoms with Crippen LogP contribution in [0, 0.1) is 13.8 Å². The Morgan fingerprint density at radius 3 is 2.67 bits per heavy atom. The summed E-state index contributed by atoms with van der Waals surface area (Å²) in [6.45, 7) is 3.73. The zero-order chi connectivity index (χ0) is 21.8. The molecule has 1 aromatic carbocycles. The van der Waals surface area contributed by atoms with Gasteiger partial charge >= 0.3 is 5.97 Å². The average molecular weight is 452 g/mol. The van der Waals surface area contributed by atoms with Crippen molar-refractivity contribution >= 4 is 40.8 Å². The maximum absolute atomic E-state index is 12.7. The zero-order valence-corrected chi connectivity index (χ0v) is 17.7. The Morgan fingerprint density at radius 1 is 1.20 bits per heavy atom. The van der Waals surface area contributed by atoms with E-state index in [-0.39, 0.29) is 25.4 Å². The van der Waals surface area contributed by atoms with Crippen LogP contribution in [-0.2, 0) is 18.1 Å². The third kappa shape index (κ3) is 4.92. The highest BCUT2D eigenvalue weighted by Gasteiger charge is 2.18. The molecule has 0 saturated heterocycles. The van der Waals surface area contributed by atoms with E-state index in [1.54, 1.807) is 36.7 Å². The first-order chi connectivity index (χ1) is 14.3. The summed E-state index contributed by atoms with van der Waals surface area (Å²) in [7, 11) is 0. The van der Waals surface area contributed by atoms with E-state index in [4.69, 9.17) is 33.0 Å². The van der Waals surface area contributed by atoms with E-state index in [1.807, 2.05) is 0 Å². The number of carbonyl (C=O) groups is 2. The number of halogens is 2. The second-order valence-corrected chi connectivity index (χ2v) is 7.27. The van der Waals surface area contributed by atoms with Gasteiger partial charge < -0.3 is 15.2 Å². The second-order valence-electron chi connectivity index (χ2n) is 6.43. The van der Waals surface area contributed by atoms with Gasteiger partial charge in [-0.1, -0.05) is 23.2 Å². The average Bonchev–Trinajstić information content (AvgIpc) is 3.25. The molecule has 3 rings (SSSR count). The third-order valence-electron chi connectivity index (χ3n) is 4.34. The molecule has 0 fully saturated rings. The summed E-state index contributed by atoms with van der Waals surface area (Å²) in [5.74, 6) is -0.919. The highest BCUT2D eigenvalue weighted by Crippen LogP contribution is 2.28. The minimum absolute atomic E-state index is 0.0838. The molecule has 0 radical (unpaired) electrons. The van der Waals surface area contributed by atoms with Crippen molar-refractivity contribution in [2.75, 3.05) is 5.32 Å². The van der Waals surface area contributed by atoms with Crippen LogP contribution >= 0.6 is 23.2 Å². The lowest BCUT2D eigenvalue weighted by Crippen LogP contribution is -2.19. The van der Waals surface area contributed by atoms with Gasteiger partial charge in [-0.05, 0) is 38.1 Å². The lowest BCUT2D eigenvalue weighted by molar-refractivity contribution is -0.137. The van der Waals surface area contributed by atoms with Crippen LogP contribution in [0.3, 0.4) is 0 Å². The topological polar surface area (TPSA) is 111 Å². The molecule has 0 saturated carbocycles. The van der Waals surface area contributed by atoms with Crippen LogP contribution in [0.4, 0.5) is 5.69 Å². The monoisotopic (exact) mass is 451 g/mol. The highest BCUT2D eigenvalue weighted by molar-refractivity contribution is 6.35. The summed E-state index contributed by atoms with van der Waals surface area (Å²) in [5.41, 5.74) is 2.08. The van der Waals surface area contributed by atoms with E-state index >= 15 is 0 Å². The van der Waals surface area contributed by atoms with E-state index in [0.29, 0.717) is 32.9 Å². The third-order valence-corrected chi connectivity index (χ3v) is 4.87. The van der Waals surface area contributed by atoms with Gasteiger partial charge in [0.1, 0.15) is 11.4 Å². The number of carboxylic acid groups (broad SMARTS) is 1. The molecule has 9 nitrogen and oxygen atoms in total. The van der Waals surface area contributed by atoms with Crippen LogP contribution in [-0.4, -0.2) is 36.5 Å². The largest absolute Gasteiger partial charge is 0.481 e. The summed E-state index contributed by atoms with van der Waals surface area (Å²) in [6.07, 6.45) is 1.31. The van der Waals surface area contributed by atoms with Gasteiger partial charge in [-0.15, -0.1) is 0 Å². The maximum Gasteiger partial charge on any atom is 0.305 e. The normalized spacial score (nSPS) is 10.8. The van der Waals surface area contributed by atoms with Crippen molar-refractivity contribution in [1.82, 2.24) is 19.6 Å². The number of benzene rings is 1. The first-order valence-corrected chi connectivity index (χ1v) is 9.68. The Hall–Kier alpha value is -3.04. The number of aryl methyl sites for hydroxylation is 2. The number of rotatable bonds is 8. The fraction of sp³-hybridized carbons (Fsp3) is 0.263. The number of hydrogen-bond acceptors (Lipinski definition) is 5. The van der Waals surface area contributed by atoms with Crippen LogP contribution in [0.1, 0.15) is 28.3 Å². The Balaban J connectivity index is 1.72. The molecule has 0 atom stereocenters. The number of amides is 1. The number of aliphatic carboxylic acids is 1. The Labute approximate surface area is 182 Å². The number of anilines is 1. The van der Waals surface area contributed by atoms with Gasteiger partial charge in [-0.2, -0.15) is 10.2 Å². The van der Waals surface area contributed by atoms with E-state index < -0.39 is 11.9 Å². The first-order valence-electron chi connectivity index (χ1n) is 8.93. The molecule has 1 amide bonds. The number of aromatic nitrogens is 4. The molecule has 0 unspecified atom stereocenters. The molecule has 0 spiro atoms. The predicted octanol–water partition coefficient (Wildman–Crippen LogP) is 3.77. The second kappa shape index (κ2) is 9.19. The first kappa shape index (κ1) is 21.7. The Bertz CT molecular complexity index is 1090. The number of ether oxygens (including phenoxy) is 1. The fourth-order valence-corrected chi connectivity index (χ4v) is 3.27. The minimum Gasteiger partial charge on any atom is -0.481 e. The zero-order valence-electron chi connectivity index (χ0n) is 16.2. The summed E-state index contributed by atoms with van der Waals surface area (Å²) in [4.78, 5) is 23.5. The maximum atomic E-state index is 12.7. The lowest BCUT2D eigenvalue weighted by atomic mass is 10.3. The Kier molecular flexibility index (Phi) is 6.63. The number of hydrogen-bond donors (Lipinski definition) is 2. The summed E-state index contributed by atoms with van der Waals surface area (Å²) in [6, 6.07) is 6.44. The molecular weight excluding hydrogens is 433 g/mol. The van der Waals surface area contributed by atoms with E-state index in [9.17, 15) is 9.59 Å². The van der Waals surface area contributed by atoms with Gasteiger partial charge in [0.15, 0.2) is 6.73 Å². The van der Waals surface area contributed by atoms with Crippen molar-refractivity contribution in [2.24, 2.45) is 0 Å². The summed E-state index contributed by atoms with van der Waals surface area (Å²) < 4.78 is 8.65. The predicted molar refractivity (Wildman–Crippen MR) is 111 cm³/mol.